The highest BCUT2D eigenvalue weighted by atomic mass is 15.3. The molecule has 0 atom stereocenters. The van der Waals surface area contributed by atoms with Gasteiger partial charge in [0.1, 0.15) is 11.6 Å². The molecule has 3 rings (SSSR count). The number of hydrogen-bond donors (Lipinski definition) is 1. The third kappa shape index (κ3) is 2.91. The first-order chi connectivity index (χ1) is 10.3. The third-order valence-corrected chi connectivity index (χ3v) is 3.11. The van der Waals surface area contributed by atoms with Crippen molar-refractivity contribution < 1.29 is 0 Å². The van der Waals surface area contributed by atoms with Gasteiger partial charge in [-0.15, -0.1) is 0 Å². The summed E-state index contributed by atoms with van der Waals surface area (Å²) in [6.45, 7) is 4.74. The minimum Gasteiger partial charge on any atom is -0.370 e. The number of nitrogens with one attached hydrogen (secondary N) is 1. The number of anilines is 1. The van der Waals surface area contributed by atoms with Gasteiger partial charge in [0.15, 0.2) is 5.82 Å². The van der Waals surface area contributed by atoms with E-state index in [0.29, 0.717) is 0 Å². The Morgan fingerprint density at radius 3 is 2.67 bits per heavy atom. The minimum atomic E-state index is 0.722. The monoisotopic (exact) mass is 279 g/mol. The van der Waals surface area contributed by atoms with Crippen LogP contribution in [0.4, 0.5) is 5.82 Å². The molecule has 0 aliphatic rings. The predicted octanol–water partition coefficient (Wildman–Crippen LogP) is 3.07. The van der Waals surface area contributed by atoms with Gasteiger partial charge in [-0.1, -0.05) is 30.3 Å². The Kier molecular flexibility index (Phi) is 3.64. The summed E-state index contributed by atoms with van der Waals surface area (Å²) in [4.78, 5) is 8.79. The predicted molar refractivity (Wildman–Crippen MR) is 83.5 cm³/mol. The molecule has 2 heterocycles. The molecule has 0 fully saturated rings. The van der Waals surface area contributed by atoms with E-state index in [2.05, 4.69) is 32.5 Å². The Balaban J connectivity index is 1.96. The van der Waals surface area contributed by atoms with E-state index in [1.807, 2.05) is 50.5 Å². The normalized spacial score (nSPS) is 10.6. The maximum Gasteiger partial charge on any atom is 0.159 e. The fourth-order valence-corrected chi connectivity index (χ4v) is 2.17. The second-order valence-corrected chi connectivity index (χ2v) is 4.73. The van der Waals surface area contributed by atoms with Gasteiger partial charge >= 0.3 is 0 Å². The molecule has 0 saturated heterocycles. The van der Waals surface area contributed by atoms with Crippen LogP contribution < -0.4 is 5.32 Å². The summed E-state index contributed by atoms with van der Waals surface area (Å²) in [5, 5.41) is 7.61. The number of aryl methyl sites for hydroxylation is 1. The van der Waals surface area contributed by atoms with Gasteiger partial charge in [-0.2, -0.15) is 5.10 Å². The summed E-state index contributed by atoms with van der Waals surface area (Å²) in [7, 11) is 0. The van der Waals surface area contributed by atoms with E-state index in [-0.39, 0.29) is 0 Å². The molecule has 0 radical (unpaired) electrons. The van der Waals surface area contributed by atoms with E-state index in [0.717, 1.165) is 35.1 Å². The largest absolute Gasteiger partial charge is 0.370 e. The van der Waals surface area contributed by atoms with Crippen molar-refractivity contribution in [3.8, 4) is 16.9 Å². The molecule has 5 nitrogen and oxygen atoms in total. The van der Waals surface area contributed by atoms with E-state index in [9.17, 15) is 0 Å². The minimum absolute atomic E-state index is 0.722. The fourth-order valence-electron chi connectivity index (χ4n) is 2.17. The molecule has 3 aromatic rings. The molecular formula is C16H17N5. The second kappa shape index (κ2) is 5.75. The lowest BCUT2D eigenvalue weighted by Gasteiger charge is -2.06. The molecule has 0 aliphatic carbocycles. The first-order valence-corrected chi connectivity index (χ1v) is 6.96. The SMILES string of the molecule is CCNc1cc(-n2cc(-c3ccccc3)cn2)nc(C)n1. The Morgan fingerprint density at radius 2 is 1.90 bits per heavy atom. The average molecular weight is 279 g/mol. The lowest BCUT2D eigenvalue weighted by atomic mass is 10.1. The van der Waals surface area contributed by atoms with Crippen LogP contribution in [-0.4, -0.2) is 26.3 Å². The van der Waals surface area contributed by atoms with Gasteiger partial charge < -0.3 is 5.32 Å². The zero-order valence-electron chi connectivity index (χ0n) is 12.1. The van der Waals surface area contributed by atoms with E-state index >= 15 is 0 Å². The molecule has 0 saturated carbocycles. The molecular weight excluding hydrogens is 262 g/mol. The summed E-state index contributed by atoms with van der Waals surface area (Å²) < 4.78 is 1.78. The standard InChI is InChI=1S/C16H17N5/c1-3-17-15-9-16(20-12(2)19-15)21-11-14(10-18-21)13-7-5-4-6-8-13/h4-11H,3H2,1-2H3,(H,17,19,20). The fraction of sp³-hybridized carbons (Fsp3) is 0.188. The molecule has 0 aliphatic heterocycles. The molecule has 0 amide bonds. The van der Waals surface area contributed by atoms with Crippen molar-refractivity contribution in [3.05, 3.63) is 54.6 Å². The zero-order chi connectivity index (χ0) is 14.7. The van der Waals surface area contributed by atoms with Crippen molar-refractivity contribution in [2.45, 2.75) is 13.8 Å². The highest BCUT2D eigenvalue weighted by Crippen LogP contribution is 2.19. The molecule has 1 N–H and O–H groups in total. The van der Waals surface area contributed by atoms with Gasteiger partial charge in [-0.25, -0.2) is 14.6 Å². The van der Waals surface area contributed by atoms with Crippen LogP contribution in [0.5, 0.6) is 0 Å². The van der Waals surface area contributed by atoms with Gasteiger partial charge in [0.05, 0.1) is 6.20 Å². The maximum atomic E-state index is 4.44. The second-order valence-electron chi connectivity index (χ2n) is 4.73. The number of nitrogens with zero attached hydrogens (tertiary/aromatic N) is 4. The van der Waals surface area contributed by atoms with Gasteiger partial charge in [0.2, 0.25) is 0 Å². The molecule has 106 valence electrons. The van der Waals surface area contributed by atoms with Gasteiger partial charge in [0, 0.05) is 24.4 Å². The van der Waals surface area contributed by atoms with Crippen molar-refractivity contribution in [3.63, 3.8) is 0 Å². The van der Waals surface area contributed by atoms with Crippen LogP contribution >= 0.6 is 0 Å². The van der Waals surface area contributed by atoms with Crippen LogP contribution in [-0.2, 0) is 0 Å². The summed E-state index contributed by atoms with van der Waals surface area (Å²) in [6.07, 6.45) is 3.83. The Bertz CT molecular complexity index is 733. The zero-order valence-corrected chi connectivity index (χ0v) is 12.1. The van der Waals surface area contributed by atoms with Gasteiger partial charge in [-0.3, -0.25) is 0 Å². The van der Waals surface area contributed by atoms with Gasteiger partial charge in [0.25, 0.3) is 0 Å². The van der Waals surface area contributed by atoms with E-state index in [1.54, 1.807) is 4.68 Å². The van der Waals surface area contributed by atoms with E-state index in [1.165, 1.54) is 0 Å². The Morgan fingerprint density at radius 1 is 1.10 bits per heavy atom. The number of hydrogen-bond acceptors (Lipinski definition) is 4. The smallest absolute Gasteiger partial charge is 0.159 e. The van der Waals surface area contributed by atoms with Crippen LogP contribution in [0.2, 0.25) is 0 Å². The molecule has 5 heteroatoms. The number of rotatable bonds is 4. The van der Waals surface area contributed by atoms with Crippen LogP contribution in [0.15, 0.2) is 48.8 Å². The van der Waals surface area contributed by atoms with Crippen molar-refractivity contribution >= 4 is 5.82 Å². The van der Waals surface area contributed by atoms with E-state index in [4.69, 9.17) is 0 Å². The average Bonchev–Trinajstić information content (AvgIpc) is 2.98. The molecule has 0 spiro atoms. The van der Waals surface area contributed by atoms with Gasteiger partial charge in [-0.05, 0) is 19.4 Å². The molecule has 0 bridgehead atoms. The quantitative estimate of drug-likeness (QED) is 0.797. The molecule has 1 aromatic carbocycles. The van der Waals surface area contributed by atoms with Crippen molar-refractivity contribution in [1.29, 1.82) is 0 Å². The highest BCUT2D eigenvalue weighted by Gasteiger charge is 2.06. The van der Waals surface area contributed by atoms with E-state index < -0.39 is 0 Å². The summed E-state index contributed by atoms with van der Waals surface area (Å²) >= 11 is 0. The molecule has 0 unspecified atom stereocenters. The van der Waals surface area contributed by atoms with Crippen LogP contribution in [0, 0.1) is 6.92 Å². The van der Waals surface area contributed by atoms with Crippen molar-refractivity contribution in [2.75, 3.05) is 11.9 Å². The lowest BCUT2D eigenvalue weighted by molar-refractivity contribution is 0.828. The third-order valence-electron chi connectivity index (χ3n) is 3.11. The molecule has 21 heavy (non-hydrogen) atoms. The van der Waals surface area contributed by atoms with Crippen molar-refractivity contribution in [2.24, 2.45) is 0 Å². The Labute approximate surface area is 123 Å². The first-order valence-electron chi connectivity index (χ1n) is 6.96. The van der Waals surface area contributed by atoms with Crippen molar-refractivity contribution in [1.82, 2.24) is 19.7 Å². The van der Waals surface area contributed by atoms with Crippen LogP contribution in [0.25, 0.3) is 16.9 Å². The Hall–Kier alpha value is -2.69. The van der Waals surface area contributed by atoms with Crippen LogP contribution in [0.3, 0.4) is 0 Å². The summed E-state index contributed by atoms with van der Waals surface area (Å²) in [6, 6.07) is 12.1. The number of aromatic nitrogens is 4. The van der Waals surface area contributed by atoms with Crippen LogP contribution in [0.1, 0.15) is 12.7 Å². The first kappa shape index (κ1) is 13.3. The molecule has 2 aromatic heterocycles. The number of benzene rings is 1. The maximum absolute atomic E-state index is 4.44. The summed E-state index contributed by atoms with van der Waals surface area (Å²) in [5.74, 6) is 2.30. The lowest BCUT2D eigenvalue weighted by Crippen LogP contribution is -2.06. The highest BCUT2D eigenvalue weighted by molar-refractivity contribution is 5.61. The summed E-state index contributed by atoms with van der Waals surface area (Å²) in [5.41, 5.74) is 2.21. The topological polar surface area (TPSA) is 55.6 Å².